The van der Waals surface area contributed by atoms with E-state index in [1.54, 1.807) is 7.05 Å². The molecule has 0 radical (unpaired) electrons. The molecule has 0 fully saturated rings. The minimum Gasteiger partial charge on any atom is -0.438 e. The highest BCUT2D eigenvalue weighted by Crippen LogP contribution is 2.31. The zero-order valence-corrected chi connectivity index (χ0v) is 12.6. The second kappa shape index (κ2) is 6.52. The Kier molecular flexibility index (Phi) is 4.74. The van der Waals surface area contributed by atoms with E-state index in [0.717, 1.165) is 23.1 Å². The van der Waals surface area contributed by atoms with Crippen molar-refractivity contribution in [2.75, 3.05) is 12.4 Å². The Labute approximate surface area is 121 Å². The molecule has 4 nitrogen and oxygen atoms in total. The summed E-state index contributed by atoms with van der Waals surface area (Å²) in [5, 5.41) is 2.97. The zero-order valence-electron chi connectivity index (χ0n) is 11.0. The Hall–Kier alpha value is -1.62. The van der Waals surface area contributed by atoms with E-state index in [9.17, 15) is 0 Å². The number of hydrogen-bond acceptors (Lipinski definition) is 4. The summed E-state index contributed by atoms with van der Waals surface area (Å²) in [4.78, 5) is 8.21. The Morgan fingerprint density at radius 2 is 1.95 bits per heavy atom. The first-order valence-corrected chi connectivity index (χ1v) is 6.99. The average molecular weight is 322 g/mol. The van der Waals surface area contributed by atoms with Crippen LogP contribution in [0.25, 0.3) is 0 Å². The Bertz CT molecular complexity index is 543. The van der Waals surface area contributed by atoms with E-state index in [4.69, 9.17) is 4.74 Å². The lowest BCUT2D eigenvalue weighted by Gasteiger charge is -2.09. The summed E-state index contributed by atoms with van der Waals surface area (Å²) < 4.78 is 6.46. The summed E-state index contributed by atoms with van der Waals surface area (Å²) in [6, 6.07) is 8.07. The van der Waals surface area contributed by atoms with Crippen molar-refractivity contribution in [3.05, 3.63) is 40.6 Å². The first kappa shape index (κ1) is 13.8. The van der Waals surface area contributed by atoms with E-state index in [-0.39, 0.29) is 0 Å². The van der Waals surface area contributed by atoms with Crippen LogP contribution in [0.2, 0.25) is 0 Å². The number of anilines is 1. The summed E-state index contributed by atoms with van der Waals surface area (Å²) >= 11 is 3.43. The van der Waals surface area contributed by atoms with Crippen LogP contribution in [-0.4, -0.2) is 17.0 Å². The van der Waals surface area contributed by atoms with E-state index in [0.29, 0.717) is 11.7 Å². The van der Waals surface area contributed by atoms with E-state index in [2.05, 4.69) is 50.3 Å². The number of nitrogens with zero attached hydrogens (tertiary/aromatic N) is 2. The Morgan fingerprint density at radius 3 is 2.58 bits per heavy atom. The predicted octanol–water partition coefficient (Wildman–Crippen LogP) is 4.03. The molecule has 0 saturated carbocycles. The monoisotopic (exact) mass is 321 g/mol. The van der Waals surface area contributed by atoms with Gasteiger partial charge in [-0.05, 0) is 40.0 Å². The average Bonchev–Trinajstić information content (AvgIpc) is 2.43. The van der Waals surface area contributed by atoms with Crippen LogP contribution in [0.4, 0.5) is 5.82 Å². The van der Waals surface area contributed by atoms with Crippen molar-refractivity contribution in [3.8, 4) is 11.6 Å². The molecule has 0 bridgehead atoms. The van der Waals surface area contributed by atoms with Gasteiger partial charge in [-0.15, -0.1) is 0 Å². The van der Waals surface area contributed by atoms with Gasteiger partial charge < -0.3 is 10.1 Å². The molecule has 0 aliphatic rings. The van der Waals surface area contributed by atoms with Crippen molar-refractivity contribution in [3.63, 3.8) is 0 Å². The van der Waals surface area contributed by atoms with Crippen LogP contribution in [0.5, 0.6) is 11.6 Å². The van der Waals surface area contributed by atoms with E-state index in [1.807, 2.05) is 12.1 Å². The molecule has 0 aliphatic carbocycles. The van der Waals surface area contributed by atoms with Gasteiger partial charge in [0.2, 0.25) is 5.88 Å². The van der Waals surface area contributed by atoms with Gasteiger partial charge in [0.1, 0.15) is 22.4 Å². The molecule has 1 N–H and O–H groups in total. The summed E-state index contributed by atoms with van der Waals surface area (Å²) in [6.07, 6.45) is 3.70. The lowest BCUT2D eigenvalue weighted by Crippen LogP contribution is -1.97. The van der Waals surface area contributed by atoms with Gasteiger partial charge in [-0.1, -0.05) is 25.5 Å². The van der Waals surface area contributed by atoms with E-state index in [1.165, 1.54) is 11.9 Å². The normalized spacial score (nSPS) is 10.3. The largest absolute Gasteiger partial charge is 0.438 e. The molecule has 100 valence electrons. The van der Waals surface area contributed by atoms with Crippen LogP contribution in [0, 0.1) is 0 Å². The molecule has 0 unspecified atom stereocenters. The van der Waals surface area contributed by atoms with Gasteiger partial charge in [-0.3, -0.25) is 0 Å². The number of aromatic nitrogens is 2. The smallest absolute Gasteiger partial charge is 0.238 e. The minimum atomic E-state index is 0.502. The molecule has 1 aromatic carbocycles. The standard InChI is InChI=1S/C14H16BrN3O/c1-3-4-10-5-7-11(8-6-10)19-14-12(15)13(16-2)17-9-18-14/h5-9H,3-4H2,1-2H3,(H,16,17,18). The van der Waals surface area contributed by atoms with Gasteiger partial charge >= 0.3 is 0 Å². The topological polar surface area (TPSA) is 47.0 Å². The number of ether oxygens (including phenoxy) is 1. The molecule has 5 heteroatoms. The predicted molar refractivity (Wildman–Crippen MR) is 79.8 cm³/mol. The quantitative estimate of drug-likeness (QED) is 0.903. The van der Waals surface area contributed by atoms with Gasteiger partial charge in [0.25, 0.3) is 0 Å². The highest BCUT2D eigenvalue weighted by molar-refractivity contribution is 9.10. The van der Waals surface area contributed by atoms with Crippen molar-refractivity contribution < 1.29 is 4.74 Å². The summed E-state index contributed by atoms with van der Waals surface area (Å²) in [7, 11) is 1.80. The third kappa shape index (κ3) is 3.44. The maximum atomic E-state index is 5.75. The number of benzene rings is 1. The maximum absolute atomic E-state index is 5.75. The van der Waals surface area contributed by atoms with Crippen molar-refractivity contribution in [2.45, 2.75) is 19.8 Å². The number of rotatable bonds is 5. The fraction of sp³-hybridized carbons (Fsp3) is 0.286. The van der Waals surface area contributed by atoms with Crippen LogP contribution in [0.1, 0.15) is 18.9 Å². The third-order valence-electron chi connectivity index (χ3n) is 2.67. The maximum Gasteiger partial charge on any atom is 0.238 e. The SMILES string of the molecule is CCCc1ccc(Oc2ncnc(NC)c2Br)cc1. The molecule has 19 heavy (non-hydrogen) atoms. The number of aryl methyl sites for hydroxylation is 1. The fourth-order valence-electron chi connectivity index (χ4n) is 1.72. The summed E-state index contributed by atoms with van der Waals surface area (Å²) in [5.41, 5.74) is 1.31. The van der Waals surface area contributed by atoms with Gasteiger partial charge in [-0.2, -0.15) is 0 Å². The molecule has 0 atom stereocenters. The van der Waals surface area contributed by atoms with Crippen LogP contribution < -0.4 is 10.1 Å². The molecule has 0 saturated heterocycles. The second-order valence-corrected chi connectivity index (χ2v) is 4.88. The van der Waals surface area contributed by atoms with Gasteiger partial charge in [0.15, 0.2) is 0 Å². The molecule has 2 rings (SSSR count). The lowest BCUT2D eigenvalue weighted by atomic mass is 10.1. The van der Waals surface area contributed by atoms with Crippen molar-refractivity contribution in [2.24, 2.45) is 0 Å². The first-order chi connectivity index (χ1) is 9.24. The lowest BCUT2D eigenvalue weighted by molar-refractivity contribution is 0.458. The fourth-order valence-corrected chi connectivity index (χ4v) is 2.21. The Morgan fingerprint density at radius 1 is 1.21 bits per heavy atom. The van der Waals surface area contributed by atoms with E-state index >= 15 is 0 Å². The number of nitrogens with one attached hydrogen (secondary N) is 1. The van der Waals surface area contributed by atoms with Crippen molar-refractivity contribution in [1.82, 2.24) is 9.97 Å². The van der Waals surface area contributed by atoms with E-state index < -0.39 is 0 Å². The molecule has 2 aromatic rings. The van der Waals surface area contributed by atoms with Crippen LogP contribution in [0.3, 0.4) is 0 Å². The van der Waals surface area contributed by atoms with Crippen LogP contribution >= 0.6 is 15.9 Å². The number of halogens is 1. The molecule has 1 heterocycles. The van der Waals surface area contributed by atoms with Crippen molar-refractivity contribution >= 4 is 21.7 Å². The highest BCUT2D eigenvalue weighted by Gasteiger charge is 2.09. The molecular formula is C14H16BrN3O. The van der Waals surface area contributed by atoms with Crippen molar-refractivity contribution in [1.29, 1.82) is 0 Å². The molecular weight excluding hydrogens is 306 g/mol. The Balaban J connectivity index is 2.16. The highest BCUT2D eigenvalue weighted by atomic mass is 79.9. The number of hydrogen-bond donors (Lipinski definition) is 1. The first-order valence-electron chi connectivity index (χ1n) is 6.19. The minimum absolute atomic E-state index is 0.502. The molecule has 0 aliphatic heterocycles. The second-order valence-electron chi connectivity index (χ2n) is 4.09. The zero-order chi connectivity index (χ0) is 13.7. The van der Waals surface area contributed by atoms with Crippen LogP contribution in [-0.2, 0) is 6.42 Å². The summed E-state index contributed by atoms with van der Waals surface area (Å²) in [6.45, 7) is 2.17. The molecule has 0 amide bonds. The molecule has 1 aromatic heterocycles. The third-order valence-corrected chi connectivity index (χ3v) is 3.39. The van der Waals surface area contributed by atoms with Gasteiger partial charge in [0.05, 0.1) is 0 Å². The van der Waals surface area contributed by atoms with Gasteiger partial charge in [0, 0.05) is 7.05 Å². The van der Waals surface area contributed by atoms with Crippen LogP contribution in [0.15, 0.2) is 35.1 Å². The summed E-state index contributed by atoms with van der Waals surface area (Å²) in [5.74, 6) is 1.97. The van der Waals surface area contributed by atoms with Gasteiger partial charge in [-0.25, -0.2) is 9.97 Å². The molecule has 0 spiro atoms.